The molecule has 1 aromatic heterocycles. The molecular weight excluding hydrogens is 408 g/mol. The van der Waals surface area contributed by atoms with Crippen molar-refractivity contribution < 1.29 is 24.5 Å². The van der Waals surface area contributed by atoms with Gasteiger partial charge in [0.05, 0.1) is 0 Å². The second kappa shape index (κ2) is 9.70. The van der Waals surface area contributed by atoms with E-state index in [4.69, 9.17) is 14.9 Å². The van der Waals surface area contributed by atoms with Gasteiger partial charge in [-0.15, -0.1) is 0 Å². The Morgan fingerprint density at radius 2 is 1.66 bits per heavy atom. The summed E-state index contributed by atoms with van der Waals surface area (Å²) < 4.78 is 6.30. The topological polar surface area (TPSA) is 103 Å². The van der Waals surface area contributed by atoms with Crippen LogP contribution in [0.5, 0.6) is 5.75 Å². The summed E-state index contributed by atoms with van der Waals surface area (Å²) in [6.07, 6.45) is 6.06. The molecule has 7 nitrogen and oxygen atoms in total. The Kier molecular flexibility index (Phi) is 6.56. The average molecular weight is 434 g/mol. The highest BCUT2D eigenvalue weighted by molar-refractivity contribution is 5.95. The number of fused-ring (bicyclic) bond motifs is 4. The first kappa shape index (κ1) is 21.6. The molecule has 1 atom stereocenters. The number of carboxylic acids is 2. The normalized spacial score (nSPS) is 21.8. The van der Waals surface area contributed by atoms with Crippen molar-refractivity contribution in [2.75, 3.05) is 19.6 Å². The predicted molar refractivity (Wildman–Crippen MR) is 122 cm³/mol. The number of aromatic amines is 1. The van der Waals surface area contributed by atoms with E-state index in [1.54, 1.807) is 0 Å². The lowest BCUT2D eigenvalue weighted by Gasteiger charge is -2.44. The number of piperidine rings is 3. The Balaban J connectivity index is 0.000000265. The Labute approximate surface area is 185 Å². The fourth-order valence-electron chi connectivity index (χ4n) is 4.41. The van der Waals surface area contributed by atoms with E-state index in [-0.39, 0.29) is 0 Å². The molecule has 2 bridgehead atoms. The van der Waals surface area contributed by atoms with Gasteiger partial charge >= 0.3 is 11.9 Å². The number of aliphatic carboxylic acids is 2. The molecule has 0 spiro atoms. The van der Waals surface area contributed by atoms with E-state index < -0.39 is 11.9 Å². The molecule has 4 heterocycles. The van der Waals surface area contributed by atoms with Gasteiger partial charge in [0.25, 0.3) is 0 Å². The molecule has 166 valence electrons. The minimum absolute atomic E-state index is 0.367. The maximum atomic E-state index is 9.55. The number of aromatic nitrogens is 1. The van der Waals surface area contributed by atoms with Crippen LogP contribution in [-0.4, -0.2) is 57.8 Å². The lowest BCUT2D eigenvalue weighted by molar-refractivity contribution is -0.134. The predicted octanol–water partition coefficient (Wildman–Crippen LogP) is 4.02. The summed E-state index contributed by atoms with van der Waals surface area (Å²) in [4.78, 5) is 24.9. The molecule has 0 saturated carbocycles. The zero-order valence-corrected chi connectivity index (χ0v) is 17.6. The third kappa shape index (κ3) is 5.18. The molecule has 32 heavy (non-hydrogen) atoms. The fourth-order valence-corrected chi connectivity index (χ4v) is 4.41. The van der Waals surface area contributed by atoms with Crippen LogP contribution in [0, 0.1) is 5.92 Å². The summed E-state index contributed by atoms with van der Waals surface area (Å²) in [6.45, 7) is 3.60. The van der Waals surface area contributed by atoms with Crippen LogP contribution in [0.25, 0.3) is 22.0 Å². The van der Waals surface area contributed by atoms with Gasteiger partial charge in [0.15, 0.2) is 0 Å². The molecule has 3 aliphatic heterocycles. The number of nitrogens with zero attached hydrogens (tertiary/aromatic N) is 1. The summed E-state index contributed by atoms with van der Waals surface area (Å²) in [5, 5.41) is 16.9. The molecule has 0 amide bonds. The second-order valence-electron chi connectivity index (χ2n) is 8.07. The summed E-state index contributed by atoms with van der Waals surface area (Å²) in [7, 11) is 0. The third-order valence-corrected chi connectivity index (χ3v) is 6.01. The van der Waals surface area contributed by atoms with Gasteiger partial charge in [-0.25, -0.2) is 9.59 Å². The lowest BCUT2D eigenvalue weighted by Crippen LogP contribution is -2.52. The maximum absolute atomic E-state index is 9.55. The monoisotopic (exact) mass is 434 g/mol. The summed E-state index contributed by atoms with van der Waals surface area (Å²) >= 11 is 0. The number of nitrogens with one attached hydrogen (secondary N) is 1. The number of rotatable bonds is 5. The van der Waals surface area contributed by atoms with Crippen LogP contribution in [0.2, 0.25) is 0 Å². The SMILES string of the molecule is O=C(O)C=CC(=O)O.c1cc(-c2ccc(OC3CN4CCC3CC4)cc2)c2cc[nH]c2c1. The molecule has 3 aromatic rings. The molecule has 3 fully saturated rings. The van der Waals surface area contributed by atoms with Crippen LogP contribution in [-0.2, 0) is 9.59 Å². The smallest absolute Gasteiger partial charge is 0.328 e. The number of hydrogen-bond acceptors (Lipinski definition) is 4. The number of carbonyl (C=O) groups is 2. The van der Waals surface area contributed by atoms with Crippen LogP contribution in [0.4, 0.5) is 0 Å². The molecule has 7 heteroatoms. The molecule has 2 aromatic carbocycles. The van der Waals surface area contributed by atoms with E-state index in [1.807, 2.05) is 6.20 Å². The van der Waals surface area contributed by atoms with Gasteiger partial charge in [-0.2, -0.15) is 0 Å². The van der Waals surface area contributed by atoms with E-state index in [1.165, 1.54) is 48.0 Å². The molecule has 1 unspecified atom stereocenters. The van der Waals surface area contributed by atoms with E-state index in [0.29, 0.717) is 18.3 Å². The Hall–Kier alpha value is -3.58. The van der Waals surface area contributed by atoms with Crippen molar-refractivity contribution in [2.24, 2.45) is 5.92 Å². The summed E-state index contributed by atoms with van der Waals surface area (Å²) in [5.41, 5.74) is 3.68. The van der Waals surface area contributed by atoms with E-state index in [9.17, 15) is 9.59 Å². The van der Waals surface area contributed by atoms with Crippen molar-refractivity contribution in [1.29, 1.82) is 0 Å². The highest BCUT2D eigenvalue weighted by Crippen LogP contribution is 2.32. The van der Waals surface area contributed by atoms with E-state index in [0.717, 1.165) is 18.2 Å². The first-order valence-electron chi connectivity index (χ1n) is 10.7. The van der Waals surface area contributed by atoms with E-state index >= 15 is 0 Å². The highest BCUT2D eigenvalue weighted by Gasteiger charge is 2.35. The zero-order chi connectivity index (χ0) is 22.5. The second-order valence-corrected chi connectivity index (χ2v) is 8.07. The number of benzene rings is 2. The summed E-state index contributed by atoms with van der Waals surface area (Å²) in [6, 6.07) is 17.1. The minimum atomic E-state index is -1.26. The average Bonchev–Trinajstić information content (AvgIpc) is 3.29. The highest BCUT2D eigenvalue weighted by atomic mass is 16.5. The number of carboxylic acid groups (broad SMARTS) is 2. The molecule has 0 radical (unpaired) electrons. The number of H-pyrrole nitrogens is 1. The van der Waals surface area contributed by atoms with Crippen LogP contribution < -0.4 is 4.74 Å². The van der Waals surface area contributed by atoms with Crippen molar-refractivity contribution in [1.82, 2.24) is 9.88 Å². The van der Waals surface area contributed by atoms with Gasteiger partial charge in [-0.3, -0.25) is 4.90 Å². The van der Waals surface area contributed by atoms with E-state index in [2.05, 4.69) is 58.4 Å². The van der Waals surface area contributed by atoms with Crippen molar-refractivity contribution in [3.05, 3.63) is 66.9 Å². The van der Waals surface area contributed by atoms with Gasteiger partial charge < -0.3 is 19.9 Å². The molecule has 6 rings (SSSR count). The Morgan fingerprint density at radius 3 is 2.25 bits per heavy atom. The fraction of sp³-hybridized carbons (Fsp3) is 0.280. The van der Waals surface area contributed by atoms with Gasteiger partial charge in [0.1, 0.15) is 11.9 Å². The first-order chi connectivity index (χ1) is 15.5. The van der Waals surface area contributed by atoms with Crippen LogP contribution in [0.1, 0.15) is 12.8 Å². The lowest BCUT2D eigenvalue weighted by atomic mass is 9.86. The maximum Gasteiger partial charge on any atom is 0.328 e. The van der Waals surface area contributed by atoms with Crippen LogP contribution >= 0.6 is 0 Å². The van der Waals surface area contributed by atoms with Gasteiger partial charge in [-0.1, -0.05) is 24.3 Å². The number of ether oxygens (including phenoxy) is 1. The van der Waals surface area contributed by atoms with Crippen molar-refractivity contribution in [2.45, 2.75) is 18.9 Å². The minimum Gasteiger partial charge on any atom is -0.489 e. The molecule has 3 aliphatic rings. The van der Waals surface area contributed by atoms with Crippen molar-refractivity contribution in [3.63, 3.8) is 0 Å². The third-order valence-electron chi connectivity index (χ3n) is 6.01. The van der Waals surface area contributed by atoms with Crippen LogP contribution in [0.3, 0.4) is 0 Å². The van der Waals surface area contributed by atoms with Gasteiger partial charge in [-0.05, 0) is 67.2 Å². The molecular formula is C25H26N2O5. The van der Waals surface area contributed by atoms with Crippen LogP contribution in [0.15, 0.2) is 66.9 Å². The van der Waals surface area contributed by atoms with Crippen molar-refractivity contribution in [3.8, 4) is 16.9 Å². The molecule has 0 aliphatic carbocycles. The summed E-state index contributed by atoms with van der Waals surface area (Å²) in [5.74, 6) is -0.776. The molecule has 3 N–H and O–H groups in total. The first-order valence-corrected chi connectivity index (χ1v) is 10.7. The largest absolute Gasteiger partial charge is 0.489 e. The van der Waals surface area contributed by atoms with Gasteiger partial charge in [0, 0.05) is 35.8 Å². The standard InChI is InChI=1S/C21H22N2O.C4H4O4/c1-2-18(19-8-11-22-20(19)3-1)15-4-6-17(7-5-15)24-21-14-23-12-9-16(21)10-13-23;5-3(6)1-2-4(7)8/h1-8,11,16,21-22H,9-10,12-14H2;1-2H,(H,5,6)(H,7,8). The Bertz CT molecular complexity index is 1090. The van der Waals surface area contributed by atoms with Crippen molar-refractivity contribution >= 4 is 22.8 Å². The number of hydrogen-bond donors (Lipinski definition) is 3. The molecule has 3 saturated heterocycles. The van der Waals surface area contributed by atoms with Gasteiger partial charge in [0.2, 0.25) is 0 Å². The zero-order valence-electron chi connectivity index (χ0n) is 17.6. The quantitative estimate of drug-likeness (QED) is 0.524. The Morgan fingerprint density at radius 1 is 0.969 bits per heavy atom.